The van der Waals surface area contributed by atoms with Crippen LogP contribution in [0.3, 0.4) is 0 Å². The Bertz CT molecular complexity index is 356. The first kappa shape index (κ1) is 26.2. The van der Waals surface area contributed by atoms with Crippen LogP contribution in [0.5, 0.6) is 0 Å². The second kappa shape index (κ2) is 14.1. The fourth-order valence-electron chi connectivity index (χ4n) is 6.21. The Labute approximate surface area is 189 Å². The van der Waals surface area contributed by atoms with Gasteiger partial charge in [0.15, 0.2) is 0 Å². The van der Waals surface area contributed by atoms with Crippen molar-refractivity contribution in [3.05, 3.63) is 0 Å². The Morgan fingerprint density at radius 1 is 0.500 bits per heavy atom. The van der Waals surface area contributed by atoms with Crippen LogP contribution in [-0.4, -0.2) is 12.2 Å². The molecule has 2 heteroatoms. The van der Waals surface area contributed by atoms with E-state index < -0.39 is 0 Å². The molecule has 2 aliphatic carbocycles. The molecule has 0 atom stereocenters. The molecule has 0 unspecified atom stereocenters. The molecule has 0 saturated heterocycles. The highest BCUT2D eigenvalue weighted by Crippen LogP contribution is 2.47. The zero-order valence-corrected chi connectivity index (χ0v) is 21.1. The predicted octanol–water partition coefficient (Wildman–Crippen LogP) is 9.55. The molecule has 0 radical (unpaired) electrons. The Kier molecular flexibility index (Phi) is 12.3. The number of hydrogen-bond donors (Lipinski definition) is 0. The van der Waals surface area contributed by atoms with Gasteiger partial charge < -0.3 is 0 Å². The van der Waals surface area contributed by atoms with Crippen molar-refractivity contribution in [3.8, 4) is 0 Å². The van der Waals surface area contributed by atoms with Gasteiger partial charge in [0.25, 0.3) is 0 Å². The zero-order chi connectivity index (χ0) is 21.7. The molecule has 0 aromatic rings. The summed E-state index contributed by atoms with van der Waals surface area (Å²) in [5.41, 5.74) is 1.21. The van der Waals surface area contributed by atoms with Crippen molar-refractivity contribution in [2.75, 3.05) is 0 Å². The van der Waals surface area contributed by atoms with Gasteiger partial charge in [0.05, 0.1) is 12.2 Å². The summed E-state index contributed by atoms with van der Waals surface area (Å²) in [6.07, 6.45) is 27.5. The summed E-state index contributed by atoms with van der Waals surface area (Å²) in [5, 5.41) is 0. The van der Waals surface area contributed by atoms with Crippen molar-refractivity contribution in [1.29, 1.82) is 0 Å². The van der Waals surface area contributed by atoms with Gasteiger partial charge in [-0.1, -0.05) is 79.1 Å². The fourth-order valence-corrected chi connectivity index (χ4v) is 6.21. The lowest BCUT2D eigenvalue weighted by atomic mass is 9.67. The van der Waals surface area contributed by atoms with Gasteiger partial charge in [-0.05, 0) is 87.9 Å². The summed E-state index contributed by atoms with van der Waals surface area (Å²) in [7, 11) is 0. The van der Waals surface area contributed by atoms with Crippen LogP contribution in [-0.2, 0) is 9.78 Å². The van der Waals surface area contributed by atoms with E-state index in [1.165, 1.54) is 128 Å². The molecule has 0 N–H and O–H groups in total. The van der Waals surface area contributed by atoms with E-state index in [0.717, 1.165) is 0 Å². The molecule has 0 heterocycles. The van der Waals surface area contributed by atoms with Crippen LogP contribution < -0.4 is 0 Å². The van der Waals surface area contributed by atoms with E-state index in [1.807, 2.05) is 0 Å². The Hall–Kier alpha value is -0.0800. The molecule has 30 heavy (non-hydrogen) atoms. The maximum Gasteiger partial charge on any atom is 0.0930 e. The number of unbranched alkanes of at least 4 members (excludes halogenated alkanes) is 4. The van der Waals surface area contributed by atoms with E-state index in [4.69, 9.17) is 9.78 Å². The summed E-state index contributed by atoms with van der Waals surface area (Å²) < 4.78 is 0. The minimum Gasteiger partial charge on any atom is -0.233 e. The molecular weight excluding hydrogens is 368 g/mol. The molecule has 0 aromatic heterocycles. The Morgan fingerprint density at radius 3 is 1.00 bits per heavy atom. The summed E-state index contributed by atoms with van der Waals surface area (Å²) in [6, 6.07) is 0. The Morgan fingerprint density at radius 2 is 0.767 bits per heavy atom. The molecule has 0 bridgehead atoms. The normalized spacial score (nSPS) is 22.4. The van der Waals surface area contributed by atoms with Crippen LogP contribution in [0.25, 0.3) is 0 Å². The molecular formula is C28H54O2. The van der Waals surface area contributed by atoms with E-state index in [0.29, 0.717) is 23.0 Å². The van der Waals surface area contributed by atoms with Crippen molar-refractivity contribution in [1.82, 2.24) is 0 Å². The van der Waals surface area contributed by atoms with Gasteiger partial charge in [0.2, 0.25) is 0 Å². The first-order valence-electron chi connectivity index (χ1n) is 13.9. The van der Waals surface area contributed by atoms with Gasteiger partial charge in [-0.25, -0.2) is 9.78 Å². The van der Waals surface area contributed by atoms with E-state index in [2.05, 4.69) is 27.7 Å². The van der Waals surface area contributed by atoms with Gasteiger partial charge in [-0.3, -0.25) is 0 Å². The van der Waals surface area contributed by atoms with Crippen LogP contribution >= 0.6 is 0 Å². The molecule has 2 nitrogen and oxygen atoms in total. The van der Waals surface area contributed by atoms with E-state index in [9.17, 15) is 0 Å². The van der Waals surface area contributed by atoms with Crippen molar-refractivity contribution >= 4 is 0 Å². The van der Waals surface area contributed by atoms with E-state index >= 15 is 0 Å². The van der Waals surface area contributed by atoms with Crippen molar-refractivity contribution < 1.29 is 9.78 Å². The van der Waals surface area contributed by atoms with Crippen LogP contribution in [0, 0.1) is 10.8 Å². The second-order valence-corrected chi connectivity index (χ2v) is 11.0. The summed E-state index contributed by atoms with van der Waals surface area (Å²) in [6.45, 7) is 9.33. The van der Waals surface area contributed by atoms with Crippen molar-refractivity contribution in [2.24, 2.45) is 10.8 Å². The van der Waals surface area contributed by atoms with Gasteiger partial charge in [-0.15, -0.1) is 0 Å². The van der Waals surface area contributed by atoms with Crippen LogP contribution in [0.4, 0.5) is 0 Å². The van der Waals surface area contributed by atoms with Crippen LogP contribution in [0.1, 0.15) is 156 Å². The first-order valence-corrected chi connectivity index (χ1v) is 13.9. The molecule has 0 aromatic carbocycles. The van der Waals surface area contributed by atoms with Gasteiger partial charge in [0.1, 0.15) is 0 Å². The highest BCUT2D eigenvalue weighted by Gasteiger charge is 2.37. The monoisotopic (exact) mass is 422 g/mol. The lowest BCUT2D eigenvalue weighted by molar-refractivity contribution is -0.362. The molecule has 0 aliphatic heterocycles. The van der Waals surface area contributed by atoms with Crippen molar-refractivity contribution in [3.63, 3.8) is 0 Å². The number of hydrogen-bond acceptors (Lipinski definition) is 2. The van der Waals surface area contributed by atoms with Crippen molar-refractivity contribution in [2.45, 2.75) is 168 Å². The van der Waals surface area contributed by atoms with Gasteiger partial charge >= 0.3 is 0 Å². The maximum atomic E-state index is 6.06. The van der Waals surface area contributed by atoms with Gasteiger partial charge in [-0.2, -0.15) is 0 Å². The molecule has 2 saturated carbocycles. The fraction of sp³-hybridized carbons (Fsp3) is 1.00. The summed E-state index contributed by atoms with van der Waals surface area (Å²) >= 11 is 0. The predicted molar refractivity (Wildman–Crippen MR) is 130 cm³/mol. The minimum atomic E-state index is 0.341. The standard InChI is InChI=1S/C28H54O2/c1-5-9-17-27(18-10-6-2)21-13-25(14-22-27)29-30-26-15-23-28(24-16-26,19-11-7-3)20-12-8-4/h25-26H,5-24H2,1-4H3. The smallest absolute Gasteiger partial charge is 0.0930 e. The van der Waals surface area contributed by atoms with E-state index in [1.54, 1.807) is 0 Å². The average molecular weight is 423 g/mol. The Balaban J connectivity index is 1.73. The van der Waals surface area contributed by atoms with Crippen LogP contribution in [0.2, 0.25) is 0 Å². The summed E-state index contributed by atoms with van der Waals surface area (Å²) in [5.74, 6) is 0. The molecule has 2 rings (SSSR count). The highest BCUT2D eigenvalue weighted by molar-refractivity contribution is 4.87. The minimum absolute atomic E-state index is 0.341. The topological polar surface area (TPSA) is 18.5 Å². The third-order valence-electron chi connectivity index (χ3n) is 8.56. The molecule has 2 aliphatic rings. The molecule has 178 valence electrons. The first-order chi connectivity index (χ1) is 14.6. The largest absolute Gasteiger partial charge is 0.233 e. The van der Waals surface area contributed by atoms with E-state index in [-0.39, 0.29) is 0 Å². The van der Waals surface area contributed by atoms with Gasteiger partial charge in [0, 0.05) is 0 Å². The quantitative estimate of drug-likeness (QED) is 0.193. The lowest BCUT2D eigenvalue weighted by Crippen LogP contribution is -2.34. The third-order valence-corrected chi connectivity index (χ3v) is 8.56. The second-order valence-electron chi connectivity index (χ2n) is 11.0. The maximum absolute atomic E-state index is 6.06. The zero-order valence-electron chi connectivity index (χ0n) is 21.1. The SMILES string of the molecule is CCCCC1(CCCC)CCC(OOC2CCC(CCCC)(CCCC)CC2)CC1. The lowest BCUT2D eigenvalue weighted by Gasteiger charge is -2.42. The number of rotatable bonds is 15. The molecule has 0 spiro atoms. The molecule has 2 fully saturated rings. The molecule has 0 amide bonds. The average Bonchev–Trinajstić information content (AvgIpc) is 2.79. The van der Waals surface area contributed by atoms with Crippen LogP contribution in [0.15, 0.2) is 0 Å². The third kappa shape index (κ3) is 8.45. The highest BCUT2D eigenvalue weighted by atomic mass is 17.2. The summed E-state index contributed by atoms with van der Waals surface area (Å²) in [4.78, 5) is 12.1.